The number of alkyl carbamates (subject to hydrolysis) is 1. The number of amides is 2. The number of thioether (sulfide) groups is 1. The Kier molecular flexibility index (Phi) is 29.7. The highest BCUT2D eigenvalue weighted by Gasteiger charge is 2.22. The summed E-state index contributed by atoms with van der Waals surface area (Å²) in [5, 5.41) is 8.42. The number of carbonyl (C=O) groups excluding carboxylic acids is 3. The smallest absolute Gasteiger partial charge is 0.407 e. The Morgan fingerprint density at radius 2 is 1.33 bits per heavy atom. The minimum Gasteiger partial charge on any atom is -0.447 e. The summed E-state index contributed by atoms with van der Waals surface area (Å²) in [6, 6.07) is 0.195. The van der Waals surface area contributed by atoms with Gasteiger partial charge in [0.1, 0.15) is 12.4 Å². The average molecular weight is 583 g/mol. The molecular formula is C28H58N2O8S. The van der Waals surface area contributed by atoms with Gasteiger partial charge in [-0.2, -0.15) is 0 Å². The summed E-state index contributed by atoms with van der Waals surface area (Å²) >= 11 is 1.87. The summed E-state index contributed by atoms with van der Waals surface area (Å²) in [4.78, 5) is 34.1. The van der Waals surface area contributed by atoms with Crippen LogP contribution in [0.1, 0.15) is 76.5 Å². The van der Waals surface area contributed by atoms with E-state index >= 15 is 0 Å². The number of carbonyl (C=O) groups is 3. The number of hydrogen-bond donors (Lipinski definition) is 2. The molecule has 0 aromatic carbocycles. The van der Waals surface area contributed by atoms with Crippen LogP contribution in [0, 0.1) is 0 Å². The fourth-order valence-corrected chi connectivity index (χ4v) is 4.26. The first kappa shape index (κ1) is 39.5. The molecule has 1 aliphatic carbocycles. The molecule has 39 heavy (non-hydrogen) atoms. The second-order valence-electron chi connectivity index (χ2n) is 8.36. The van der Waals surface area contributed by atoms with E-state index in [1.807, 2.05) is 32.5 Å². The van der Waals surface area contributed by atoms with Crippen molar-refractivity contribution in [3.8, 4) is 0 Å². The topological polar surface area (TPSA) is 121 Å². The van der Waals surface area contributed by atoms with Crippen LogP contribution in [0.5, 0.6) is 0 Å². The van der Waals surface area contributed by atoms with Crippen LogP contribution in [0.4, 0.5) is 4.79 Å². The highest BCUT2D eigenvalue weighted by atomic mass is 32.2. The average Bonchev–Trinajstić information content (AvgIpc) is 2.92. The predicted molar refractivity (Wildman–Crippen MR) is 161 cm³/mol. The molecule has 234 valence electrons. The third-order valence-electron chi connectivity index (χ3n) is 5.25. The van der Waals surface area contributed by atoms with Crippen LogP contribution in [0.2, 0.25) is 0 Å². The zero-order chi connectivity index (χ0) is 28.3. The number of allylic oxidation sites excluding steroid dienone is 1. The van der Waals surface area contributed by atoms with E-state index in [1.54, 1.807) is 0 Å². The van der Waals surface area contributed by atoms with Crippen molar-refractivity contribution in [3.63, 3.8) is 0 Å². The summed E-state index contributed by atoms with van der Waals surface area (Å²) in [6.07, 6.45) is 6.34. The fraction of sp³-hybridized carbons (Fsp3) is 0.821. The highest BCUT2D eigenvalue weighted by molar-refractivity contribution is 8.02. The standard InChI is InChI=1S/C25H44N2O8S.C2H6.CH4.2H2/c1-3-20-36-23-7-5-22(6-8-23)27-25(30)35-19-18-34-17-16-33-15-14-32-13-12-31-11-10-26-24(29)9-4-21(2)28;1-2;;;/h3,20,22-23H,4-19H2,1-2H3,(H,26,29)(H,27,30);1-2H3;1H4;2*1H/b20-3-;;;;. The van der Waals surface area contributed by atoms with E-state index in [9.17, 15) is 14.4 Å². The summed E-state index contributed by atoms with van der Waals surface area (Å²) in [6.45, 7) is 11.5. The number of nitrogens with one attached hydrogen (secondary N) is 2. The lowest BCUT2D eigenvalue weighted by molar-refractivity contribution is -0.124. The summed E-state index contributed by atoms with van der Waals surface area (Å²) in [5.74, 6) is -0.142. The monoisotopic (exact) mass is 582 g/mol. The van der Waals surface area contributed by atoms with Crippen molar-refractivity contribution >= 4 is 29.5 Å². The van der Waals surface area contributed by atoms with Crippen molar-refractivity contribution in [1.29, 1.82) is 0 Å². The van der Waals surface area contributed by atoms with Crippen molar-refractivity contribution in [2.24, 2.45) is 0 Å². The van der Waals surface area contributed by atoms with Gasteiger partial charge in [-0.3, -0.25) is 4.79 Å². The normalized spacial score (nSPS) is 16.5. The zero-order valence-electron chi connectivity index (χ0n) is 23.8. The van der Waals surface area contributed by atoms with E-state index in [1.165, 1.54) is 6.92 Å². The van der Waals surface area contributed by atoms with E-state index in [-0.39, 0.29) is 53.6 Å². The third kappa shape index (κ3) is 26.3. The maximum Gasteiger partial charge on any atom is 0.407 e. The maximum atomic E-state index is 11.9. The molecule has 0 unspecified atom stereocenters. The highest BCUT2D eigenvalue weighted by Crippen LogP contribution is 2.29. The van der Waals surface area contributed by atoms with Crippen molar-refractivity contribution in [1.82, 2.24) is 10.6 Å². The first-order chi connectivity index (χ1) is 18.5. The largest absolute Gasteiger partial charge is 0.447 e. The Balaban J connectivity index is -0.00000134. The quantitative estimate of drug-likeness (QED) is 0.180. The van der Waals surface area contributed by atoms with E-state index in [0.717, 1.165) is 25.7 Å². The van der Waals surface area contributed by atoms with Gasteiger partial charge in [0.15, 0.2) is 0 Å². The van der Waals surface area contributed by atoms with E-state index in [4.69, 9.17) is 23.7 Å². The molecule has 0 radical (unpaired) electrons. The molecule has 11 heteroatoms. The number of Topliss-reactive ketones (excluding diaryl/α,β-unsaturated/α-hetero) is 1. The molecule has 0 atom stereocenters. The first-order valence-electron chi connectivity index (χ1n) is 13.8. The van der Waals surface area contributed by atoms with Gasteiger partial charge < -0.3 is 39.1 Å². The van der Waals surface area contributed by atoms with E-state index in [0.29, 0.717) is 64.6 Å². The number of ketones is 1. The maximum absolute atomic E-state index is 11.9. The summed E-state index contributed by atoms with van der Waals surface area (Å²) in [7, 11) is 0. The number of hydrogen-bond acceptors (Lipinski definition) is 9. The molecule has 0 saturated heterocycles. The molecule has 0 spiro atoms. The van der Waals surface area contributed by atoms with Crippen LogP contribution in [-0.4, -0.2) is 95.1 Å². The number of ether oxygens (including phenoxy) is 5. The second-order valence-corrected chi connectivity index (χ2v) is 9.57. The van der Waals surface area contributed by atoms with Gasteiger partial charge in [-0.15, -0.1) is 11.8 Å². The van der Waals surface area contributed by atoms with Gasteiger partial charge >= 0.3 is 6.09 Å². The van der Waals surface area contributed by atoms with Crippen LogP contribution in [-0.2, 0) is 33.3 Å². The van der Waals surface area contributed by atoms with E-state index < -0.39 is 0 Å². The minimum atomic E-state index is -0.380. The molecule has 0 bridgehead atoms. The number of rotatable bonds is 21. The van der Waals surface area contributed by atoms with E-state index in [2.05, 4.69) is 22.1 Å². The van der Waals surface area contributed by atoms with Gasteiger partial charge in [0.05, 0.1) is 52.9 Å². The molecule has 0 aliphatic heterocycles. The Bertz CT molecular complexity index is 640. The van der Waals surface area contributed by atoms with Crippen LogP contribution < -0.4 is 10.6 Å². The van der Waals surface area contributed by atoms with Gasteiger partial charge in [-0.25, -0.2) is 4.79 Å². The molecule has 1 rings (SSSR count). The van der Waals surface area contributed by atoms with Gasteiger partial charge in [-0.1, -0.05) is 27.4 Å². The van der Waals surface area contributed by atoms with Crippen molar-refractivity contribution < 1.29 is 40.9 Å². The molecule has 1 fully saturated rings. The SMILES string of the molecule is C.C/C=C\SC1CCC(NC(=O)OCCOCCOCCOCCOCCNC(=O)CCC(C)=O)CC1.CC.[HH].[HH]. The molecule has 1 aliphatic rings. The Labute approximate surface area is 243 Å². The Morgan fingerprint density at radius 3 is 1.85 bits per heavy atom. The molecular weight excluding hydrogens is 524 g/mol. The zero-order valence-corrected chi connectivity index (χ0v) is 24.6. The first-order valence-corrected chi connectivity index (χ1v) is 14.7. The molecule has 2 N–H and O–H groups in total. The second kappa shape index (κ2) is 29.3. The molecule has 1 saturated carbocycles. The van der Waals surface area contributed by atoms with Gasteiger partial charge in [0.25, 0.3) is 0 Å². The third-order valence-corrected chi connectivity index (χ3v) is 6.54. The lowest BCUT2D eigenvalue weighted by Gasteiger charge is -2.27. The minimum absolute atomic E-state index is 0. The summed E-state index contributed by atoms with van der Waals surface area (Å²) in [5.41, 5.74) is 0. The molecule has 10 nitrogen and oxygen atoms in total. The van der Waals surface area contributed by atoms with Gasteiger partial charge in [-0.05, 0) is 44.9 Å². The van der Waals surface area contributed by atoms with Crippen LogP contribution >= 0.6 is 11.8 Å². The lowest BCUT2D eigenvalue weighted by atomic mass is 9.95. The Hall–Kier alpha value is -1.66. The Morgan fingerprint density at radius 1 is 0.821 bits per heavy atom. The van der Waals surface area contributed by atoms with Crippen molar-refractivity contribution in [3.05, 3.63) is 11.5 Å². The van der Waals surface area contributed by atoms with Gasteiger partial charge in [0, 0.05) is 33.5 Å². The summed E-state index contributed by atoms with van der Waals surface area (Å²) < 4.78 is 26.8. The fourth-order valence-electron chi connectivity index (χ4n) is 3.34. The van der Waals surface area contributed by atoms with Crippen LogP contribution in [0.15, 0.2) is 11.5 Å². The molecule has 2 amide bonds. The lowest BCUT2D eigenvalue weighted by Crippen LogP contribution is -2.38. The van der Waals surface area contributed by atoms with Crippen LogP contribution in [0.25, 0.3) is 0 Å². The predicted octanol–water partition coefficient (Wildman–Crippen LogP) is 5.00. The van der Waals surface area contributed by atoms with Crippen molar-refractivity contribution in [2.45, 2.75) is 84.9 Å². The molecule has 0 heterocycles. The van der Waals surface area contributed by atoms with Crippen LogP contribution in [0.3, 0.4) is 0 Å². The molecule has 0 aromatic rings. The molecule has 0 aromatic heterocycles. The van der Waals surface area contributed by atoms with Gasteiger partial charge in [0.2, 0.25) is 5.91 Å². The van der Waals surface area contributed by atoms with Crippen molar-refractivity contribution in [2.75, 3.05) is 66.0 Å².